The summed E-state index contributed by atoms with van der Waals surface area (Å²) in [6, 6.07) is 8.63. The first-order valence-corrected chi connectivity index (χ1v) is 7.71. The Morgan fingerprint density at radius 1 is 1.35 bits per heavy atom. The topological polar surface area (TPSA) is 24.9 Å². The second-order valence-corrected chi connectivity index (χ2v) is 6.83. The Kier molecular flexibility index (Phi) is 3.70. The van der Waals surface area contributed by atoms with Gasteiger partial charge in [0.05, 0.1) is 5.52 Å². The van der Waals surface area contributed by atoms with Gasteiger partial charge in [0.15, 0.2) is 0 Å². The summed E-state index contributed by atoms with van der Waals surface area (Å²) >= 11 is 6.24. The molecule has 1 fully saturated rings. The van der Waals surface area contributed by atoms with Crippen LogP contribution >= 0.6 is 11.6 Å². The zero-order valence-corrected chi connectivity index (χ0v) is 12.9. The number of hydrogen-bond donors (Lipinski definition) is 1. The van der Waals surface area contributed by atoms with Crippen LogP contribution in [0.3, 0.4) is 0 Å². The van der Waals surface area contributed by atoms with Gasteiger partial charge in [0.1, 0.15) is 0 Å². The second-order valence-electron chi connectivity index (χ2n) is 6.42. The van der Waals surface area contributed by atoms with Gasteiger partial charge in [0.25, 0.3) is 0 Å². The number of pyridine rings is 1. The third-order valence-corrected chi connectivity index (χ3v) is 4.93. The van der Waals surface area contributed by atoms with E-state index in [0.717, 1.165) is 22.5 Å². The van der Waals surface area contributed by atoms with Crippen LogP contribution in [0.25, 0.3) is 10.9 Å². The van der Waals surface area contributed by atoms with Crippen LogP contribution in [0.15, 0.2) is 30.5 Å². The number of nitrogens with zero attached hydrogens (tertiary/aromatic N) is 1. The van der Waals surface area contributed by atoms with Gasteiger partial charge < -0.3 is 5.32 Å². The van der Waals surface area contributed by atoms with E-state index >= 15 is 0 Å². The number of fused-ring (bicyclic) bond motifs is 1. The minimum Gasteiger partial charge on any atom is -0.309 e. The van der Waals surface area contributed by atoms with E-state index in [9.17, 15) is 0 Å². The SMILES string of the molecule is CC1(C)CCCC1NCc1ccc(Cl)c2cccnc12. The molecule has 1 atom stereocenters. The lowest BCUT2D eigenvalue weighted by Gasteiger charge is -2.28. The van der Waals surface area contributed by atoms with E-state index in [-0.39, 0.29) is 0 Å². The van der Waals surface area contributed by atoms with E-state index in [1.54, 1.807) is 0 Å². The molecule has 0 saturated heterocycles. The van der Waals surface area contributed by atoms with Gasteiger partial charge in [-0.2, -0.15) is 0 Å². The maximum absolute atomic E-state index is 6.24. The summed E-state index contributed by atoms with van der Waals surface area (Å²) in [4.78, 5) is 4.50. The number of hydrogen-bond acceptors (Lipinski definition) is 2. The molecule has 1 N–H and O–H groups in total. The highest BCUT2D eigenvalue weighted by atomic mass is 35.5. The third kappa shape index (κ3) is 2.55. The van der Waals surface area contributed by atoms with Crippen LogP contribution in [0, 0.1) is 5.41 Å². The molecule has 3 heteroatoms. The van der Waals surface area contributed by atoms with E-state index in [4.69, 9.17) is 11.6 Å². The fourth-order valence-corrected chi connectivity index (χ4v) is 3.49. The van der Waals surface area contributed by atoms with Crippen molar-refractivity contribution in [3.05, 3.63) is 41.0 Å². The van der Waals surface area contributed by atoms with Crippen molar-refractivity contribution in [2.75, 3.05) is 0 Å². The largest absolute Gasteiger partial charge is 0.309 e. The molecule has 3 rings (SSSR count). The van der Waals surface area contributed by atoms with E-state index in [0.29, 0.717) is 11.5 Å². The van der Waals surface area contributed by atoms with Crippen LogP contribution in [-0.4, -0.2) is 11.0 Å². The summed E-state index contributed by atoms with van der Waals surface area (Å²) in [5.41, 5.74) is 2.64. The predicted molar refractivity (Wildman–Crippen MR) is 85.0 cm³/mol. The highest BCUT2D eigenvalue weighted by Gasteiger charge is 2.33. The smallest absolute Gasteiger partial charge is 0.0761 e. The molecule has 2 aromatic rings. The molecule has 1 aliphatic rings. The quantitative estimate of drug-likeness (QED) is 0.896. The predicted octanol–water partition coefficient (Wildman–Crippen LogP) is 4.56. The first-order chi connectivity index (χ1) is 9.58. The van der Waals surface area contributed by atoms with Crippen LogP contribution in [0.2, 0.25) is 5.02 Å². The van der Waals surface area contributed by atoms with Crippen LogP contribution in [0.5, 0.6) is 0 Å². The summed E-state index contributed by atoms with van der Waals surface area (Å²) in [6.45, 7) is 5.57. The Morgan fingerprint density at radius 3 is 2.95 bits per heavy atom. The molecule has 0 spiro atoms. The van der Waals surface area contributed by atoms with Gasteiger partial charge in [-0.25, -0.2) is 0 Å². The average Bonchev–Trinajstić information content (AvgIpc) is 2.77. The minimum atomic E-state index is 0.398. The van der Waals surface area contributed by atoms with E-state index < -0.39 is 0 Å². The molecule has 0 bridgehead atoms. The molecule has 1 aromatic carbocycles. The second kappa shape index (κ2) is 5.34. The van der Waals surface area contributed by atoms with Crippen LogP contribution in [0.1, 0.15) is 38.7 Å². The van der Waals surface area contributed by atoms with Gasteiger partial charge in [-0.3, -0.25) is 4.98 Å². The lowest BCUT2D eigenvalue weighted by Crippen LogP contribution is -2.37. The fraction of sp³-hybridized carbons (Fsp3) is 0.471. The van der Waals surface area contributed by atoms with Crippen molar-refractivity contribution >= 4 is 22.5 Å². The maximum atomic E-state index is 6.24. The van der Waals surface area contributed by atoms with Gasteiger partial charge in [-0.1, -0.05) is 37.9 Å². The van der Waals surface area contributed by atoms with Gasteiger partial charge in [-0.15, -0.1) is 0 Å². The Bertz CT molecular complexity index is 621. The molecular formula is C17H21ClN2. The molecule has 2 nitrogen and oxygen atoms in total. The molecule has 106 valence electrons. The maximum Gasteiger partial charge on any atom is 0.0761 e. The van der Waals surface area contributed by atoms with Gasteiger partial charge in [0.2, 0.25) is 0 Å². The molecule has 0 aliphatic heterocycles. The minimum absolute atomic E-state index is 0.398. The number of nitrogens with one attached hydrogen (secondary N) is 1. The molecule has 0 amide bonds. The van der Waals surface area contributed by atoms with E-state index in [1.165, 1.54) is 24.8 Å². The Morgan fingerprint density at radius 2 is 2.20 bits per heavy atom. The molecule has 1 aromatic heterocycles. The molecule has 1 unspecified atom stereocenters. The van der Waals surface area contributed by atoms with Crippen molar-refractivity contribution in [3.8, 4) is 0 Å². The van der Waals surface area contributed by atoms with Gasteiger partial charge in [0, 0.05) is 29.2 Å². The highest BCUT2D eigenvalue weighted by molar-refractivity contribution is 6.35. The summed E-state index contributed by atoms with van der Waals surface area (Å²) in [5, 5.41) is 5.53. The summed E-state index contributed by atoms with van der Waals surface area (Å²) < 4.78 is 0. The van der Waals surface area contributed by atoms with Crippen molar-refractivity contribution in [2.24, 2.45) is 5.41 Å². The molecular weight excluding hydrogens is 268 g/mol. The van der Waals surface area contributed by atoms with Crippen molar-refractivity contribution in [1.82, 2.24) is 10.3 Å². The van der Waals surface area contributed by atoms with Crippen molar-refractivity contribution < 1.29 is 0 Å². The number of aromatic nitrogens is 1. The molecule has 1 heterocycles. The molecule has 1 aliphatic carbocycles. The lowest BCUT2D eigenvalue weighted by atomic mass is 9.87. The van der Waals surface area contributed by atoms with E-state index in [1.807, 2.05) is 24.4 Å². The number of rotatable bonds is 3. The third-order valence-electron chi connectivity index (χ3n) is 4.60. The summed E-state index contributed by atoms with van der Waals surface area (Å²) in [5.74, 6) is 0. The number of halogens is 1. The molecule has 0 radical (unpaired) electrons. The van der Waals surface area contributed by atoms with Crippen molar-refractivity contribution in [2.45, 2.75) is 45.7 Å². The highest BCUT2D eigenvalue weighted by Crippen LogP contribution is 2.37. The Hall–Kier alpha value is -1.12. The zero-order chi connectivity index (χ0) is 14.2. The molecule has 1 saturated carbocycles. The summed E-state index contributed by atoms with van der Waals surface area (Å²) in [6.07, 6.45) is 5.74. The standard InChI is InChI=1S/C17H21ClN2/c1-17(2)9-3-6-15(17)20-11-12-7-8-14(18)13-5-4-10-19-16(12)13/h4-5,7-8,10,15,20H,3,6,9,11H2,1-2H3. The number of benzene rings is 1. The van der Waals surface area contributed by atoms with Crippen LogP contribution in [0.4, 0.5) is 0 Å². The van der Waals surface area contributed by atoms with E-state index in [2.05, 4.69) is 30.2 Å². The zero-order valence-electron chi connectivity index (χ0n) is 12.1. The first-order valence-electron chi connectivity index (χ1n) is 7.33. The average molecular weight is 289 g/mol. The Labute approximate surface area is 125 Å². The molecule has 20 heavy (non-hydrogen) atoms. The van der Waals surface area contributed by atoms with Crippen molar-refractivity contribution in [1.29, 1.82) is 0 Å². The van der Waals surface area contributed by atoms with Gasteiger partial charge >= 0.3 is 0 Å². The van der Waals surface area contributed by atoms with Crippen LogP contribution < -0.4 is 5.32 Å². The first kappa shape index (κ1) is 13.8. The fourth-order valence-electron chi connectivity index (χ4n) is 3.28. The normalized spacial score (nSPS) is 21.4. The van der Waals surface area contributed by atoms with Crippen molar-refractivity contribution in [3.63, 3.8) is 0 Å². The van der Waals surface area contributed by atoms with Crippen LogP contribution in [-0.2, 0) is 6.54 Å². The monoisotopic (exact) mass is 288 g/mol. The van der Waals surface area contributed by atoms with Gasteiger partial charge in [-0.05, 0) is 42.0 Å². The summed E-state index contributed by atoms with van der Waals surface area (Å²) in [7, 11) is 0. The lowest BCUT2D eigenvalue weighted by molar-refractivity contribution is 0.283. The Balaban J connectivity index is 1.83.